The predicted molar refractivity (Wildman–Crippen MR) is 51.9 cm³/mol. The number of nitriles is 1. The zero-order valence-electron chi connectivity index (χ0n) is 8.48. The number of hydrogen-bond acceptors (Lipinski definition) is 4. The Kier molecular flexibility index (Phi) is 3.34. The number of dihydropyridines is 1. The Morgan fingerprint density at radius 2 is 2.40 bits per heavy atom. The van der Waals surface area contributed by atoms with Crippen LogP contribution in [0.2, 0.25) is 0 Å². The van der Waals surface area contributed by atoms with E-state index in [0.29, 0.717) is 5.57 Å². The van der Waals surface area contributed by atoms with Crippen molar-refractivity contribution in [2.75, 3.05) is 6.61 Å². The summed E-state index contributed by atoms with van der Waals surface area (Å²) in [4.78, 5) is 26.1. The van der Waals surface area contributed by atoms with E-state index in [2.05, 4.69) is 4.99 Å². The number of rotatable bonds is 2. The average Bonchev–Trinajstić information content (AvgIpc) is 2.17. The van der Waals surface area contributed by atoms with Crippen LogP contribution in [-0.2, 0) is 14.3 Å². The van der Waals surface area contributed by atoms with Crippen molar-refractivity contribution >= 4 is 17.6 Å². The van der Waals surface area contributed by atoms with Gasteiger partial charge in [-0.15, -0.1) is 0 Å². The van der Waals surface area contributed by atoms with E-state index in [1.165, 1.54) is 6.08 Å². The van der Waals surface area contributed by atoms with E-state index in [1.807, 2.05) is 6.07 Å². The molecule has 1 aliphatic rings. The molecule has 5 heteroatoms. The van der Waals surface area contributed by atoms with Crippen molar-refractivity contribution in [2.45, 2.75) is 13.8 Å². The lowest BCUT2D eigenvalue weighted by Gasteiger charge is -2.12. The Labute approximate surface area is 87.1 Å². The highest BCUT2D eigenvalue weighted by molar-refractivity contribution is 6.43. The molecule has 0 aliphatic carbocycles. The Bertz CT molecular complexity index is 401. The van der Waals surface area contributed by atoms with Gasteiger partial charge in [-0.1, -0.05) is 0 Å². The summed E-state index contributed by atoms with van der Waals surface area (Å²) in [5.41, 5.74) is 0.478. The summed E-state index contributed by atoms with van der Waals surface area (Å²) in [6.45, 7) is 3.50. The van der Waals surface area contributed by atoms with Crippen molar-refractivity contribution in [3.63, 3.8) is 0 Å². The maximum absolute atomic E-state index is 11.3. The van der Waals surface area contributed by atoms with Crippen LogP contribution in [0.1, 0.15) is 13.8 Å². The van der Waals surface area contributed by atoms with Crippen LogP contribution in [0.5, 0.6) is 0 Å². The standard InChI is InChI=1S/C10H10N2O3/c1-3-15-10(14)8-4-6(2)7(5-11)9(13)12-8/h4,7H,3H2,1-2H3. The van der Waals surface area contributed by atoms with Gasteiger partial charge in [-0.25, -0.2) is 9.79 Å². The van der Waals surface area contributed by atoms with Crippen LogP contribution in [0.3, 0.4) is 0 Å². The monoisotopic (exact) mass is 206 g/mol. The number of hydrogen-bond donors (Lipinski definition) is 0. The summed E-state index contributed by atoms with van der Waals surface area (Å²) in [6, 6.07) is 1.82. The van der Waals surface area contributed by atoms with E-state index in [-0.39, 0.29) is 12.3 Å². The number of nitrogens with zero attached hydrogens (tertiary/aromatic N) is 2. The van der Waals surface area contributed by atoms with Gasteiger partial charge < -0.3 is 4.74 Å². The van der Waals surface area contributed by atoms with Gasteiger partial charge in [0.15, 0.2) is 5.71 Å². The second-order valence-electron chi connectivity index (χ2n) is 3.01. The molecule has 0 saturated heterocycles. The van der Waals surface area contributed by atoms with Gasteiger partial charge in [0.05, 0.1) is 12.7 Å². The normalized spacial score (nSPS) is 20.1. The fourth-order valence-electron chi connectivity index (χ4n) is 1.18. The first-order valence-electron chi connectivity index (χ1n) is 4.47. The second kappa shape index (κ2) is 4.51. The molecule has 0 radical (unpaired) electrons. The minimum absolute atomic E-state index is 0.0362. The molecule has 0 bridgehead atoms. The van der Waals surface area contributed by atoms with Gasteiger partial charge in [-0.05, 0) is 25.5 Å². The fourth-order valence-corrected chi connectivity index (χ4v) is 1.18. The molecular formula is C10H10N2O3. The third-order valence-electron chi connectivity index (χ3n) is 1.91. The number of ether oxygens (including phenoxy) is 1. The van der Waals surface area contributed by atoms with E-state index in [9.17, 15) is 9.59 Å². The minimum Gasteiger partial charge on any atom is -0.461 e. The van der Waals surface area contributed by atoms with Crippen molar-refractivity contribution in [2.24, 2.45) is 10.9 Å². The highest BCUT2D eigenvalue weighted by Crippen LogP contribution is 2.16. The van der Waals surface area contributed by atoms with Crippen molar-refractivity contribution in [3.8, 4) is 6.07 Å². The van der Waals surface area contributed by atoms with Gasteiger partial charge in [-0.3, -0.25) is 4.79 Å². The highest BCUT2D eigenvalue weighted by Gasteiger charge is 2.26. The molecule has 1 rings (SSSR count). The molecule has 1 amide bonds. The van der Waals surface area contributed by atoms with E-state index in [4.69, 9.17) is 10.00 Å². The minimum atomic E-state index is -0.872. The van der Waals surface area contributed by atoms with Crippen LogP contribution >= 0.6 is 0 Å². The molecule has 1 atom stereocenters. The lowest BCUT2D eigenvalue weighted by molar-refractivity contribution is -0.135. The van der Waals surface area contributed by atoms with Gasteiger partial charge in [0.2, 0.25) is 0 Å². The molecule has 0 aromatic carbocycles. The zero-order valence-corrected chi connectivity index (χ0v) is 8.48. The van der Waals surface area contributed by atoms with Crippen LogP contribution in [0.25, 0.3) is 0 Å². The van der Waals surface area contributed by atoms with E-state index in [1.54, 1.807) is 13.8 Å². The maximum atomic E-state index is 11.3. The highest BCUT2D eigenvalue weighted by atomic mass is 16.5. The third kappa shape index (κ3) is 2.29. The summed E-state index contributed by atoms with van der Waals surface area (Å²) in [7, 11) is 0. The van der Waals surface area contributed by atoms with Crippen LogP contribution in [0, 0.1) is 17.2 Å². The number of esters is 1. The van der Waals surface area contributed by atoms with Crippen molar-refractivity contribution in [1.29, 1.82) is 5.26 Å². The molecular weight excluding hydrogens is 196 g/mol. The molecule has 15 heavy (non-hydrogen) atoms. The summed E-state index contributed by atoms with van der Waals surface area (Å²) < 4.78 is 4.70. The molecule has 0 aromatic heterocycles. The maximum Gasteiger partial charge on any atom is 0.357 e. The molecule has 1 unspecified atom stereocenters. The second-order valence-corrected chi connectivity index (χ2v) is 3.01. The molecule has 5 nitrogen and oxygen atoms in total. The first kappa shape index (κ1) is 11.1. The first-order valence-corrected chi connectivity index (χ1v) is 4.47. The zero-order chi connectivity index (χ0) is 11.4. The summed E-state index contributed by atoms with van der Waals surface area (Å²) in [6.07, 6.45) is 1.41. The lowest BCUT2D eigenvalue weighted by Crippen LogP contribution is -2.25. The van der Waals surface area contributed by atoms with E-state index < -0.39 is 17.8 Å². The number of aliphatic imine (C=N–C) groups is 1. The van der Waals surface area contributed by atoms with Crippen LogP contribution < -0.4 is 0 Å². The summed E-state index contributed by atoms with van der Waals surface area (Å²) in [5.74, 6) is -2.12. The van der Waals surface area contributed by atoms with Crippen LogP contribution in [-0.4, -0.2) is 24.2 Å². The molecule has 1 heterocycles. The van der Waals surface area contributed by atoms with E-state index >= 15 is 0 Å². The summed E-state index contributed by atoms with van der Waals surface area (Å²) in [5, 5.41) is 8.66. The van der Waals surface area contributed by atoms with Crippen LogP contribution in [0.15, 0.2) is 16.6 Å². The first-order chi connectivity index (χ1) is 7.10. The van der Waals surface area contributed by atoms with Crippen molar-refractivity contribution in [3.05, 3.63) is 11.6 Å². The number of carbonyl (C=O) groups is 2. The Hall–Kier alpha value is -1.96. The smallest absolute Gasteiger partial charge is 0.357 e. The summed E-state index contributed by atoms with van der Waals surface area (Å²) >= 11 is 0. The Morgan fingerprint density at radius 1 is 1.73 bits per heavy atom. The number of amides is 1. The van der Waals surface area contributed by atoms with E-state index in [0.717, 1.165) is 0 Å². The van der Waals surface area contributed by atoms with Gasteiger partial charge in [0.1, 0.15) is 5.92 Å². The molecule has 0 aromatic rings. The molecule has 78 valence electrons. The average molecular weight is 206 g/mol. The van der Waals surface area contributed by atoms with Gasteiger partial charge >= 0.3 is 5.97 Å². The molecule has 0 N–H and O–H groups in total. The quantitative estimate of drug-likeness (QED) is 0.620. The predicted octanol–water partition coefficient (Wildman–Crippen LogP) is 0.617. The Morgan fingerprint density at radius 3 is 2.87 bits per heavy atom. The van der Waals surface area contributed by atoms with Gasteiger partial charge in [0.25, 0.3) is 5.91 Å². The third-order valence-corrected chi connectivity index (χ3v) is 1.91. The SMILES string of the molecule is CCOC(=O)C1=NC(=O)C(C#N)C(C)=C1. The largest absolute Gasteiger partial charge is 0.461 e. The van der Waals surface area contributed by atoms with Crippen molar-refractivity contribution in [1.82, 2.24) is 0 Å². The molecule has 0 saturated carbocycles. The van der Waals surface area contributed by atoms with Crippen LogP contribution in [0.4, 0.5) is 0 Å². The molecule has 1 aliphatic heterocycles. The van der Waals surface area contributed by atoms with Gasteiger partial charge in [0, 0.05) is 0 Å². The van der Waals surface area contributed by atoms with Crippen molar-refractivity contribution < 1.29 is 14.3 Å². The Balaban J connectivity index is 2.94. The molecule has 0 spiro atoms. The van der Waals surface area contributed by atoms with Gasteiger partial charge in [-0.2, -0.15) is 5.26 Å². The lowest BCUT2D eigenvalue weighted by atomic mass is 9.97. The topological polar surface area (TPSA) is 79.5 Å². The number of carbonyl (C=O) groups excluding carboxylic acids is 2. The molecule has 0 fully saturated rings. The fraction of sp³-hybridized carbons (Fsp3) is 0.400.